The molecule has 0 aromatic carbocycles. The van der Waals surface area contributed by atoms with Crippen LogP contribution in [0.4, 0.5) is 0 Å². The van der Waals surface area contributed by atoms with Gasteiger partial charge in [0, 0.05) is 18.1 Å². The molecule has 2 aliphatic rings. The molecule has 0 aromatic heterocycles. The lowest BCUT2D eigenvalue weighted by atomic mass is 10.1. The number of likely N-dealkylation sites (tertiary alicyclic amines) is 1. The van der Waals surface area contributed by atoms with Gasteiger partial charge in [-0.3, -0.25) is 9.59 Å². The van der Waals surface area contributed by atoms with Crippen LogP contribution in [-0.2, 0) is 9.59 Å². The third-order valence-corrected chi connectivity index (χ3v) is 3.60. The van der Waals surface area contributed by atoms with Gasteiger partial charge in [-0.2, -0.15) is 0 Å². The van der Waals surface area contributed by atoms with E-state index in [0.717, 1.165) is 6.42 Å². The number of rotatable bonds is 4. The maximum atomic E-state index is 12.3. The second-order valence-electron chi connectivity index (χ2n) is 6.73. The highest BCUT2D eigenvalue weighted by atomic mass is 16.2. The summed E-state index contributed by atoms with van der Waals surface area (Å²) >= 11 is 0. The van der Waals surface area contributed by atoms with Gasteiger partial charge < -0.3 is 15.5 Å². The fourth-order valence-corrected chi connectivity index (χ4v) is 2.39. The van der Waals surface area contributed by atoms with Crippen molar-refractivity contribution in [2.75, 3.05) is 6.54 Å². The van der Waals surface area contributed by atoms with Crippen LogP contribution in [0.1, 0.15) is 47.0 Å². The van der Waals surface area contributed by atoms with E-state index in [-0.39, 0.29) is 23.4 Å². The summed E-state index contributed by atoms with van der Waals surface area (Å²) in [5.41, 5.74) is -0.264. The summed E-state index contributed by atoms with van der Waals surface area (Å²) in [7, 11) is 0. The zero-order valence-corrected chi connectivity index (χ0v) is 12.3. The molecule has 2 rings (SSSR count). The van der Waals surface area contributed by atoms with Gasteiger partial charge in [0.2, 0.25) is 11.8 Å². The third kappa shape index (κ3) is 3.69. The van der Waals surface area contributed by atoms with E-state index in [2.05, 4.69) is 10.6 Å². The Bertz CT molecular complexity index is 371. The van der Waals surface area contributed by atoms with E-state index in [9.17, 15) is 9.59 Å². The summed E-state index contributed by atoms with van der Waals surface area (Å²) in [5, 5.41) is 6.28. The summed E-state index contributed by atoms with van der Waals surface area (Å²) < 4.78 is 0. The number of nitrogens with zero attached hydrogens (tertiary/aromatic N) is 1. The van der Waals surface area contributed by atoms with Gasteiger partial charge in [-0.15, -0.1) is 0 Å². The van der Waals surface area contributed by atoms with Crippen molar-refractivity contribution in [3.05, 3.63) is 0 Å². The molecule has 108 valence electrons. The Labute approximate surface area is 115 Å². The van der Waals surface area contributed by atoms with Crippen molar-refractivity contribution in [3.63, 3.8) is 0 Å². The summed E-state index contributed by atoms with van der Waals surface area (Å²) in [6.45, 7) is 8.31. The third-order valence-electron chi connectivity index (χ3n) is 3.60. The standard InChI is InChI=1S/C14H25N3O2/c1-9(12(18)16-14(2,3)4)17-8-7-11(13(17)19)15-10-5-6-10/h9-11,15H,5-8H2,1-4H3,(H,16,18). The van der Waals surface area contributed by atoms with Crippen LogP contribution in [0.5, 0.6) is 0 Å². The van der Waals surface area contributed by atoms with Crippen molar-refractivity contribution in [3.8, 4) is 0 Å². The Hall–Kier alpha value is -1.10. The highest BCUT2D eigenvalue weighted by Crippen LogP contribution is 2.23. The lowest BCUT2D eigenvalue weighted by Crippen LogP contribution is -2.52. The molecule has 1 saturated carbocycles. The molecule has 0 aromatic rings. The van der Waals surface area contributed by atoms with E-state index in [1.54, 1.807) is 11.8 Å². The van der Waals surface area contributed by atoms with E-state index in [1.165, 1.54) is 12.8 Å². The van der Waals surface area contributed by atoms with Crippen LogP contribution < -0.4 is 10.6 Å². The second kappa shape index (κ2) is 5.12. The van der Waals surface area contributed by atoms with Crippen LogP contribution in [0, 0.1) is 0 Å². The average Bonchev–Trinajstić information content (AvgIpc) is 3.01. The number of amides is 2. The van der Waals surface area contributed by atoms with Crippen LogP contribution in [-0.4, -0.2) is 46.9 Å². The number of carbonyl (C=O) groups excluding carboxylic acids is 2. The van der Waals surface area contributed by atoms with Gasteiger partial charge in [0.15, 0.2) is 0 Å². The molecule has 2 fully saturated rings. The maximum Gasteiger partial charge on any atom is 0.242 e. The van der Waals surface area contributed by atoms with Gasteiger partial charge in [0.1, 0.15) is 6.04 Å². The molecule has 1 aliphatic carbocycles. The first-order valence-corrected chi connectivity index (χ1v) is 7.16. The molecule has 19 heavy (non-hydrogen) atoms. The molecule has 1 heterocycles. The van der Waals surface area contributed by atoms with Crippen molar-refractivity contribution in [1.29, 1.82) is 0 Å². The Morgan fingerprint density at radius 1 is 1.32 bits per heavy atom. The molecule has 2 atom stereocenters. The fraction of sp³-hybridized carbons (Fsp3) is 0.857. The normalized spacial score (nSPS) is 25.6. The van der Waals surface area contributed by atoms with Crippen LogP contribution in [0.15, 0.2) is 0 Å². The molecule has 2 N–H and O–H groups in total. The summed E-state index contributed by atoms with van der Waals surface area (Å²) in [4.78, 5) is 26.1. The van der Waals surface area contributed by atoms with Gasteiger partial charge in [0.05, 0.1) is 6.04 Å². The first kappa shape index (κ1) is 14.3. The Morgan fingerprint density at radius 3 is 2.47 bits per heavy atom. The topological polar surface area (TPSA) is 61.4 Å². The zero-order chi connectivity index (χ0) is 14.2. The number of hydrogen-bond acceptors (Lipinski definition) is 3. The van der Waals surface area contributed by atoms with Crippen molar-refractivity contribution in [2.24, 2.45) is 0 Å². The van der Waals surface area contributed by atoms with Gasteiger partial charge >= 0.3 is 0 Å². The predicted molar refractivity (Wildman–Crippen MR) is 73.6 cm³/mol. The van der Waals surface area contributed by atoms with Gasteiger partial charge in [-0.1, -0.05) is 0 Å². The molecule has 0 spiro atoms. The molecule has 0 bridgehead atoms. The number of carbonyl (C=O) groups is 2. The summed E-state index contributed by atoms with van der Waals surface area (Å²) in [6.07, 6.45) is 3.15. The predicted octanol–water partition coefficient (Wildman–Crippen LogP) is 0.643. The average molecular weight is 267 g/mol. The molecular weight excluding hydrogens is 242 g/mol. The minimum absolute atomic E-state index is 0.0726. The summed E-state index contributed by atoms with van der Waals surface area (Å²) in [6, 6.07) is 0.0442. The number of nitrogens with one attached hydrogen (secondary N) is 2. The zero-order valence-electron chi connectivity index (χ0n) is 12.3. The molecular formula is C14H25N3O2. The van der Waals surface area contributed by atoms with Crippen molar-refractivity contribution < 1.29 is 9.59 Å². The molecule has 2 unspecified atom stereocenters. The van der Waals surface area contributed by atoms with E-state index < -0.39 is 6.04 Å². The minimum atomic E-state index is -0.391. The summed E-state index contributed by atoms with van der Waals surface area (Å²) in [5.74, 6) is -0.00335. The highest BCUT2D eigenvalue weighted by Gasteiger charge is 2.39. The molecule has 0 radical (unpaired) electrons. The largest absolute Gasteiger partial charge is 0.350 e. The van der Waals surface area contributed by atoms with Crippen LogP contribution in [0.3, 0.4) is 0 Å². The fourth-order valence-electron chi connectivity index (χ4n) is 2.39. The van der Waals surface area contributed by atoms with Crippen molar-refractivity contribution >= 4 is 11.8 Å². The lowest BCUT2D eigenvalue weighted by Gasteiger charge is -2.28. The second-order valence-corrected chi connectivity index (χ2v) is 6.73. The van der Waals surface area contributed by atoms with Gasteiger partial charge in [0.25, 0.3) is 0 Å². The molecule has 5 nitrogen and oxygen atoms in total. The lowest BCUT2D eigenvalue weighted by molar-refractivity contribution is -0.138. The van der Waals surface area contributed by atoms with Crippen molar-refractivity contribution in [2.45, 2.75) is 70.6 Å². The molecule has 5 heteroatoms. The van der Waals surface area contributed by atoms with E-state index in [4.69, 9.17) is 0 Å². The minimum Gasteiger partial charge on any atom is -0.350 e. The molecule has 2 amide bonds. The number of hydrogen-bond donors (Lipinski definition) is 2. The van der Waals surface area contributed by atoms with E-state index in [0.29, 0.717) is 12.6 Å². The molecule has 1 aliphatic heterocycles. The Balaban J connectivity index is 1.90. The van der Waals surface area contributed by atoms with Crippen LogP contribution >= 0.6 is 0 Å². The van der Waals surface area contributed by atoms with Gasteiger partial charge in [-0.25, -0.2) is 0 Å². The quantitative estimate of drug-likeness (QED) is 0.786. The van der Waals surface area contributed by atoms with E-state index >= 15 is 0 Å². The van der Waals surface area contributed by atoms with Crippen LogP contribution in [0.2, 0.25) is 0 Å². The van der Waals surface area contributed by atoms with E-state index in [1.807, 2.05) is 20.8 Å². The van der Waals surface area contributed by atoms with Crippen molar-refractivity contribution in [1.82, 2.24) is 15.5 Å². The molecule has 1 saturated heterocycles. The monoisotopic (exact) mass is 267 g/mol. The SMILES string of the molecule is CC(C(=O)NC(C)(C)C)N1CCC(NC2CC2)C1=O. The highest BCUT2D eigenvalue weighted by molar-refractivity contribution is 5.91. The van der Waals surface area contributed by atoms with Crippen LogP contribution in [0.25, 0.3) is 0 Å². The first-order valence-electron chi connectivity index (χ1n) is 7.16. The smallest absolute Gasteiger partial charge is 0.242 e. The Morgan fingerprint density at radius 2 is 1.95 bits per heavy atom. The first-order chi connectivity index (χ1) is 8.78. The maximum absolute atomic E-state index is 12.3. The van der Waals surface area contributed by atoms with Gasteiger partial charge in [-0.05, 0) is 47.0 Å². The Kier molecular flexibility index (Phi) is 3.85.